The molecule has 0 aliphatic rings. The van der Waals surface area contributed by atoms with Crippen LogP contribution in [-0.2, 0) is 0 Å². The second kappa shape index (κ2) is 4.28. The molecule has 1 heterocycles. The molecule has 0 aromatic carbocycles. The fraction of sp³-hybridized carbons (Fsp3) is 0.429. The van der Waals surface area contributed by atoms with Crippen LogP contribution in [0.5, 0.6) is 0 Å². The lowest BCUT2D eigenvalue weighted by Crippen LogP contribution is -2.19. The van der Waals surface area contributed by atoms with Crippen molar-refractivity contribution in [2.75, 3.05) is 0 Å². The number of hydrogen-bond donors (Lipinski definition) is 2. The third kappa shape index (κ3) is 2.45. The molecule has 0 amide bonds. The zero-order valence-electron chi connectivity index (χ0n) is 7.12. The summed E-state index contributed by atoms with van der Waals surface area (Å²) in [5.41, 5.74) is -1.19. The van der Waals surface area contributed by atoms with Crippen molar-refractivity contribution in [2.24, 2.45) is 0 Å². The lowest BCUT2D eigenvalue weighted by atomic mass is 10.2. The standard InChI is InChI=1S/C7H6F4N2O2/c8-4(5(9)6(10)11)2-1-3(7(14)15)13-12-2/h1,4-6H,(H,12,13)(H,14,15). The lowest BCUT2D eigenvalue weighted by Gasteiger charge is -2.09. The highest BCUT2D eigenvalue weighted by atomic mass is 19.3. The Balaban J connectivity index is 2.82. The summed E-state index contributed by atoms with van der Waals surface area (Å²) in [5.74, 6) is -1.46. The maximum Gasteiger partial charge on any atom is 0.356 e. The van der Waals surface area contributed by atoms with E-state index in [1.807, 2.05) is 5.10 Å². The fourth-order valence-electron chi connectivity index (χ4n) is 0.887. The molecule has 0 fully saturated rings. The molecule has 1 aromatic rings. The first kappa shape index (κ1) is 11.5. The SMILES string of the molecule is O=C(O)c1cc(C(F)C(F)C(F)F)[nH]n1. The Morgan fingerprint density at radius 3 is 2.40 bits per heavy atom. The highest BCUT2D eigenvalue weighted by Crippen LogP contribution is 2.26. The first-order valence-electron chi connectivity index (χ1n) is 3.78. The molecule has 0 bridgehead atoms. The Morgan fingerprint density at radius 1 is 1.40 bits per heavy atom. The normalized spacial score (nSPS) is 15.3. The number of hydrogen-bond acceptors (Lipinski definition) is 2. The van der Waals surface area contributed by atoms with E-state index in [0.717, 1.165) is 0 Å². The molecule has 2 unspecified atom stereocenters. The van der Waals surface area contributed by atoms with E-state index in [2.05, 4.69) is 5.10 Å². The number of carboxylic acid groups (broad SMARTS) is 1. The van der Waals surface area contributed by atoms with E-state index in [4.69, 9.17) is 5.11 Å². The van der Waals surface area contributed by atoms with Crippen molar-refractivity contribution in [3.8, 4) is 0 Å². The average molecular weight is 226 g/mol. The van der Waals surface area contributed by atoms with Gasteiger partial charge in [-0.15, -0.1) is 0 Å². The summed E-state index contributed by atoms with van der Waals surface area (Å²) in [7, 11) is 0. The summed E-state index contributed by atoms with van der Waals surface area (Å²) in [6.45, 7) is 0. The van der Waals surface area contributed by atoms with Gasteiger partial charge in [0.25, 0.3) is 6.43 Å². The molecule has 0 saturated heterocycles. The van der Waals surface area contributed by atoms with Crippen LogP contribution in [0.3, 0.4) is 0 Å². The maximum absolute atomic E-state index is 12.9. The van der Waals surface area contributed by atoms with E-state index < -0.39 is 36.1 Å². The molecule has 0 aliphatic heterocycles. The van der Waals surface area contributed by atoms with Crippen molar-refractivity contribution in [3.05, 3.63) is 17.5 Å². The van der Waals surface area contributed by atoms with Gasteiger partial charge in [-0.05, 0) is 6.07 Å². The summed E-state index contributed by atoms with van der Waals surface area (Å²) in [4.78, 5) is 10.3. The number of alkyl halides is 4. The van der Waals surface area contributed by atoms with Crippen LogP contribution in [0.25, 0.3) is 0 Å². The van der Waals surface area contributed by atoms with Gasteiger partial charge in [-0.25, -0.2) is 22.4 Å². The van der Waals surface area contributed by atoms with Gasteiger partial charge in [0.05, 0.1) is 5.69 Å². The first-order chi connectivity index (χ1) is 6.93. The molecule has 2 N–H and O–H groups in total. The molecule has 0 saturated carbocycles. The lowest BCUT2D eigenvalue weighted by molar-refractivity contribution is 0.00153. The molecule has 15 heavy (non-hydrogen) atoms. The number of carbonyl (C=O) groups is 1. The van der Waals surface area contributed by atoms with Gasteiger partial charge in [0, 0.05) is 0 Å². The molecule has 0 radical (unpaired) electrons. The Morgan fingerprint density at radius 2 is 2.00 bits per heavy atom. The zero-order chi connectivity index (χ0) is 11.6. The quantitative estimate of drug-likeness (QED) is 0.768. The Bertz CT molecular complexity index is 355. The Kier molecular flexibility index (Phi) is 3.28. The third-order valence-electron chi connectivity index (χ3n) is 1.63. The van der Waals surface area contributed by atoms with E-state index in [0.29, 0.717) is 6.07 Å². The van der Waals surface area contributed by atoms with Gasteiger partial charge in [-0.3, -0.25) is 5.10 Å². The van der Waals surface area contributed by atoms with E-state index in [1.54, 1.807) is 0 Å². The molecule has 1 aromatic heterocycles. The number of aromatic amines is 1. The van der Waals surface area contributed by atoms with Crippen LogP contribution in [0.4, 0.5) is 17.6 Å². The Hall–Kier alpha value is -1.60. The highest BCUT2D eigenvalue weighted by Gasteiger charge is 2.32. The number of aromatic nitrogens is 2. The second-order valence-corrected chi connectivity index (χ2v) is 2.69. The first-order valence-corrected chi connectivity index (χ1v) is 3.78. The van der Waals surface area contributed by atoms with E-state index in [-0.39, 0.29) is 0 Å². The summed E-state index contributed by atoms with van der Waals surface area (Å²) >= 11 is 0. The number of nitrogens with zero attached hydrogens (tertiary/aromatic N) is 1. The molecule has 0 spiro atoms. The van der Waals surface area contributed by atoms with Crippen LogP contribution >= 0.6 is 0 Å². The van der Waals surface area contributed by atoms with Crippen LogP contribution in [0.15, 0.2) is 6.07 Å². The molecule has 8 heteroatoms. The average Bonchev–Trinajstić information content (AvgIpc) is 2.64. The number of H-pyrrole nitrogens is 1. The molecular formula is C7H6F4N2O2. The largest absolute Gasteiger partial charge is 0.476 e. The van der Waals surface area contributed by atoms with E-state index in [1.165, 1.54) is 0 Å². The summed E-state index contributed by atoms with van der Waals surface area (Å²) in [5, 5.41) is 13.3. The number of aromatic carboxylic acids is 1. The van der Waals surface area contributed by atoms with Crippen LogP contribution in [-0.4, -0.2) is 33.9 Å². The fourth-order valence-corrected chi connectivity index (χ4v) is 0.887. The minimum absolute atomic E-state index is 0.561. The van der Waals surface area contributed by atoms with Crippen LogP contribution in [0.1, 0.15) is 22.4 Å². The van der Waals surface area contributed by atoms with Gasteiger partial charge in [0.1, 0.15) is 0 Å². The van der Waals surface area contributed by atoms with Crippen LogP contribution < -0.4 is 0 Å². The van der Waals surface area contributed by atoms with Gasteiger partial charge in [0.15, 0.2) is 18.0 Å². The van der Waals surface area contributed by atoms with Gasteiger partial charge >= 0.3 is 5.97 Å². The number of nitrogens with one attached hydrogen (secondary N) is 1. The number of rotatable bonds is 4. The van der Waals surface area contributed by atoms with Crippen molar-refractivity contribution in [1.29, 1.82) is 0 Å². The number of halogens is 4. The second-order valence-electron chi connectivity index (χ2n) is 2.69. The Labute approximate surface area is 80.9 Å². The molecule has 4 nitrogen and oxygen atoms in total. The van der Waals surface area contributed by atoms with Crippen molar-refractivity contribution in [2.45, 2.75) is 18.8 Å². The molecular weight excluding hydrogens is 220 g/mol. The highest BCUT2D eigenvalue weighted by molar-refractivity contribution is 5.85. The van der Waals surface area contributed by atoms with Crippen molar-refractivity contribution < 1.29 is 27.5 Å². The van der Waals surface area contributed by atoms with Gasteiger partial charge in [-0.2, -0.15) is 5.10 Å². The van der Waals surface area contributed by atoms with Gasteiger partial charge < -0.3 is 5.11 Å². The minimum atomic E-state index is -3.48. The molecule has 1 rings (SSSR count). The molecule has 84 valence electrons. The van der Waals surface area contributed by atoms with E-state index in [9.17, 15) is 22.4 Å². The van der Waals surface area contributed by atoms with Crippen molar-refractivity contribution in [1.82, 2.24) is 10.2 Å². The van der Waals surface area contributed by atoms with Crippen molar-refractivity contribution in [3.63, 3.8) is 0 Å². The monoisotopic (exact) mass is 226 g/mol. The van der Waals surface area contributed by atoms with Gasteiger partial charge in [-0.1, -0.05) is 0 Å². The molecule has 2 atom stereocenters. The predicted molar refractivity (Wildman–Crippen MR) is 40.3 cm³/mol. The predicted octanol–water partition coefficient (Wildman–Crippen LogP) is 1.72. The van der Waals surface area contributed by atoms with Gasteiger partial charge in [0.2, 0.25) is 0 Å². The zero-order valence-corrected chi connectivity index (χ0v) is 7.12. The topological polar surface area (TPSA) is 66.0 Å². The number of carboxylic acids is 1. The van der Waals surface area contributed by atoms with Crippen LogP contribution in [0, 0.1) is 0 Å². The molecule has 0 aliphatic carbocycles. The summed E-state index contributed by atoms with van der Waals surface area (Å²) in [6.07, 6.45) is -9.10. The minimum Gasteiger partial charge on any atom is -0.476 e. The van der Waals surface area contributed by atoms with Crippen LogP contribution in [0.2, 0.25) is 0 Å². The third-order valence-corrected chi connectivity index (χ3v) is 1.63. The summed E-state index contributed by atoms with van der Waals surface area (Å²) in [6, 6.07) is 0.669. The summed E-state index contributed by atoms with van der Waals surface area (Å²) < 4.78 is 49.0. The maximum atomic E-state index is 12.9. The van der Waals surface area contributed by atoms with Crippen molar-refractivity contribution >= 4 is 5.97 Å². The van der Waals surface area contributed by atoms with E-state index >= 15 is 0 Å². The smallest absolute Gasteiger partial charge is 0.356 e.